The Morgan fingerprint density at radius 3 is 1.59 bits per heavy atom. The van der Waals surface area contributed by atoms with Gasteiger partial charge in [0.15, 0.2) is 0 Å². The summed E-state index contributed by atoms with van der Waals surface area (Å²) in [4.78, 5) is 12.0. The van der Waals surface area contributed by atoms with Gasteiger partial charge in [-0.1, -0.05) is 118 Å². The van der Waals surface area contributed by atoms with Crippen molar-refractivity contribution in [1.29, 1.82) is 0 Å². The highest BCUT2D eigenvalue weighted by molar-refractivity contribution is 5.71. The average Bonchev–Trinajstić information content (AvgIpc) is 2.67. The molecule has 0 aliphatic heterocycles. The standard InChI is InChI=1S/C25H50O2/c1-6-22(3)18-15-13-11-9-8-10-12-14-16-21-27-25(26)24(5)20-17-19-23(4)7-2/h22-24H,6-21H2,1-5H3. The largest absolute Gasteiger partial charge is 0.465 e. The van der Waals surface area contributed by atoms with Crippen molar-refractivity contribution in [2.24, 2.45) is 17.8 Å². The van der Waals surface area contributed by atoms with Gasteiger partial charge in [0, 0.05) is 0 Å². The van der Waals surface area contributed by atoms with Crippen molar-refractivity contribution in [3.8, 4) is 0 Å². The molecule has 0 aliphatic carbocycles. The molecule has 0 saturated carbocycles. The number of hydrogen-bond donors (Lipinski definition) is 0. The highest BCUT2D eigenvalue weighted by Crippen LogP contribution is 2.17. The third-order valence-electron chi connectivity index (χ3n) is 6.22. The Kier molecular flexibility index (Phi) is 18.4. The van der Waals surface area contributed by atoms with Gasteiger partial charge in [-0.3, -0.25) is 4.79 Å². The lowest BCUT2D eigenvalue weighted by Crippen LogP contribution is -2.15. The lowest BCUT2D eigenvalue weighted by atomic mass is 9.97. The van der Waals surface area contributed by atoms with Gasteiger partial charge in [-0.25, -0.2) is 0 Å². The van der Waals surface area contributed by atoms with Crippen molar-refractivity contribution < 1.29 is 9.53 Å². The van der Waals surface area contributed by atoms with Gasteiger partial charge in [-0.05, 0) is 24.7 Å². The monoisotopic (exact) mass is 382 g/mol. The number of ether oxygens (including phenoxy) is 1. The molecule has 27 heavy (non-hydrogen) atoms. The molecule has 0 bridgehead atoms. The molecule has 0 aromatic heterocycles. The van der Waals surface area contributed by atoms with Crippen molar-refractivity contribution in [3.63, 3.8) is 0 Å². The van der Waals surface area contributed by atoms with E-state index in [0.29, 0.717) is 6.61 Å². The summed E-state index contributed by atoms with van der Waals surface area (Å²) in [5.74, 6) is 1.76. The minimum Gasteiger partial charge on any atom is -0.465 e. The summed E-state index contributed by atoms with van der Waals surface area (Å²) in [5.41, 5.74) is 0. The van der Waals surface area contributed by atoms with Gasteiger partial charge in [0.1, 0.15) is 0 Å². The summed E-state index contributed by atoms with van der Waals surface area (Å²) < 4.78 is 5.45. The molecule has 0 aromatic carbocycles. The predicted molar refractivity (Wildman–Crippen MR) is 119 cm³/mol. The first-order valence-electron chi connectivity index (χ1n) is 12.2. The first-order chi connectivity index (χ1) is 13.0. The maximum Gasteiger partial charge on any atom is 0.308 e. The number of unbranched alkanes of at least 4 members (excludes halogenated alkanes) is 8. The Labute approximate surface area is 171 Å². The van der Waals surface area contributed by atoms with E-state index in [-0.39, 0.29) is 11.9 Å². The molecular weight excluding hydrogens is 332 g/mol. The zero-order chi connectivity index (χ0) is 20.3. The van der Waals surface area contributed by atoms with Crippen LogP contribution in [0.2, 0.25) is 0 Å². The molecule has 0 heterocycles. The second-order valence-electron chi connectivity index (χ2n) is 9.00. The fourth-order valence-electron chi connectivity index (χ4n) is 3.45. The van der Waals surface area contributed by atoms with E-state index in [1.54, 1.807) is 0 Å². The van der Waals surface area contributed by atoms with E-state index in [1.165, 1.54) is 77.0 Å². The van der Waals surface area contributed by atoms with Crippen molar-refractivity contribution >= 4 is 5.97 Å². The topological polar surface area (TPSA) is 26.3 Å². The predicted octanol–water partition coefficient (Wildman–Crippen LogP) is 8.33. The first-order valence-corrected chi connectivity index (χ1v) is 12.2. The molecule has 0 rings (SSSR count). The molecular formula is C25H50O2. The van der Waals surface area contributed by atoms with Crippen molar-refractivity contribution in [2.75, 3.05) is 6.61 Å². The van der Waals surface area contributed by atoms with Crippen LogP contribution in [0.1, 0.15) is 131 Å². The molecule has 0 fully saturated rings. The van der Waals surface area contributed by atoms with Gasteiger partial charge in [0.25, 0.3) is 0 Å². The maximum atomic E-state index is 12.0. The summed E-state index contributed by atoms with van der Waals surface area (Å²) in [6.07, 6.45) is 19.2. The number of carbonyl (C=O) groups excluding carboxylic acids is 1. The summed E-state index contributed by atoms with van der Waals surface area (Å²) >= 11 is 0. The molecule has 0 amide bonds. The van der Waals surface area contributed by atoms with E-state index >= 15 is 0 Å². The van der Waals surface area contributed by atoms with E-state index in [1.807, 2.05) is 6.92 Å². The summed E-state index contributed by atoms with van der Waals surface area (Å²) in [7, 11) is 0. The molecule has 2 heteroatoms. The fourth-order valence-corrected chi connectivity index (χ4v) is 3.45. The summed E-state index contributed by atoms with van der Waals surface area (Å²) in [5, 5.41) is 0. The molecule has 2 nitrogen and oxygen atoms in total. The minimum absolute atomic E-state index is 0.0107. The van der Waals surface area contributed by atoms with Crippen LogP contribution in [0.25, 0.3) is 0 Å². The van der Waals surface area contributed by atoms with Gasteiger partial charge in [0.05, 0.1) is 12.5 Å². The summed E-state index contributed by atoms with van der Waals surface area (Å²) in [6, 6.07) is 0. The second kappa shape index (κ2) is 18.8. The lowest BCUT2D eigenvalue weighted by molar-refractivity contribution is -0.148. The molecule has 0 aliphatic rings. The maximum absolute atomic E-state index is 12.0. The third-order valence-corrected chi connectivity index (χ3v) is 6.22. The van der Waals surface area contributed by atoms with Crippen LogP contribution in [0.15, 0.2) is 0 Å². The quantitative estimate of drug-likeness (QED) is 0.166. The highest BCUT2D eigenvalue weighted by Gasteiger charge is 2.14. The van der Waals surface area contributed by atoms with Gasteiger partial charge in [0.2, 0.25) is 0 Å². The molecule has 0 radical (unpaired) electrons. The van der Waals surface area contributed by atoms with E-state index in [4.69, 9.17) is 4.74 Å². The molecule has 0 saturated heterocycles. The SMILES string of the molecule is CCC(C)CCCCCCCCCCCOC(=O)C(C)CCCC(C)CC. The summed E-state index contributed by atoms with van der Waals surface area (Å²) in [6.45, 7) is 11.8. The number of rotatable bonds is 19. The zero-order valence-electron chi connectivity index (χ0n) is 19.4. The number of carbonyl (C=O) groups is 1. The highest BCUT2D eigenvalue weighted by atomic mass is 16.5. The van der Waals surface area contributed by atoms with Crippen LogP contribution in [0, 0.1) is 17.8 Å². The van der Waals surface area contributed by atoms with Gasteiger partial charge in [-0.2, -0.15) is 0 Å². The molecule has 0 spiro atoms. The normalized spacial score (nSPS) is 14.7. The van der Waals surface area contributed by atoms with Gasteiger partial charge >= 0.3 is 5.97 Å². The minimum atomic E-state index is 0.0107. The van der Waals surface area contributed by atoms with Crippen molar-refractivity contribution in [1.82, 2.24) is 0 Å². The lowest BCUT2D eigenvalue weighted by Gasteiger charge is -2.13. The Bertz CT molecular complexity index is 326. The molecule has 3 atom stereocenters. The average molecular weight is 383 g/mol. The van der Waals surface area contributed by atoms with Crippen molar-refractivity contribution in [3.05, 3.63) is 0 Å². The third kappa shape index (κ3) is 17.3. The van der Waals surface area contributed by atoms with Gasteiger partial charge in [-0.15, -0.1) is 0 Å². The zero-order valence-corrected chi connectivity index (χ0v) is 19.4. The van der Waals surface area contributed by atoms with Crippen LogP contribution in [0.5, 0.6) is 0 Å². The first kappa shape index (κ1) is 26.5. The second-order valence-corrected chi connectivity index (χ2v) is 9.00. The van der Waals surface area contributed by atoms with Crippen LogP contribution in [-0.2, 0) is 9.53 Å². The van der Waals surface area contributed by atoms with E-state index in [0.717, 1.165) is 31.1 Å². The Hall–Kier alpha value is -0.530. The van der Waals surface area contributed by atoms with E-state index in [9.17, 15) is 4.79 Å². The van der Waals surface area contributed by atoms with E-state index < -0.39 is 0 Å². The number of esters is 1. The Morgan fingerprint density at radius 1 is 0.630 bits per heavy atom. The Morgan fingerprint density at radius 2 is 1.07 bits per heavy atom. The van der Waals surface area contributed by atoms with Crippen LogP contribution < -0.4 is 0 Å². The fraction of sp³-hybridized carbons (Fsp3) is 0.960. The van der Waals surface area contributed by atoms with Crippen LogP contribution in [0.4, 0.5) is 0 Å². The van der Waals surface area contributed by atoms with Crippen LogP contribution in [0.3, 0.4) is 0 Å². The smallest absolute Gasteiger partial charge is 0.308 e. The molecule has 0 aromatic rings. The van der Waals surface area contributed by atoms with Crippen molar-refractivity contribution in [2.45, 2.75) is 131 Å². The van der Waals surface area contributed by atoms with Gasteiger partial charge < -0.3 is 4.74 Å². The molecule has 0 N–H and O–H groups in total. The Balaban J connectivity index is 3.34. The number of hydrogen-bond acceptors (Lipinski definition) is 2. The molecule has 162 valence electrons. The van der Waals surface area contributed by atoms with Crippen LogP contribution in [-0.4, -0.2) is 12.6 Å². The molecule has 3 unspecified atom stereocenters. The van der Waals surface area contributed by atoms with Crippen LogP contribution >= 0.6 is 0 Å². The van der Waals surface area contributed by atoms with E-state index in [2.05, 4.69) is 27.7 Å².